The third-order valence-electron chi connectivity index (χ3n) is 3.16. The molecule has 7 nitrogen and oxygen atoms in total. The molecule has 1 aromatic carbocycles. The highest BCUT2D eigenvalue weighted by Crippen LogP contribution is 2.09. The lowest BCUT2D eigenvalue weighted by Gasteiger charge is -2.07. The van der Waals surface area contributed by atoms with E-state index in [1.54, 1.807) is 0 Å². The molecule has 0 aliphatic heterocycles. The predicted molar refractivity (Wildman–Crippen MR) is 85.3 cm³/mol. The highest BCUT2D eigenvalue weighted by Gasteiger charge is 2.14. The fourth-order valence-electron chi connectivity index (χ4n) is 1.89. The molecule has 0 spiro atoms. The fraction of sp³-hybridized carbons (Fsp3) is 0.467. The minimum absolute atomic E-state index is 0.0183. The van der Waals surface area contributed by atoms with Crippen LogP contribution in [0.3, 0.4) is 0 Å². The molecule has 0 fully saturated rings. The molecule has 0 saturated heterocycles. The largest absolute Gasteiger partial charge is 0.481 e. The van der Waals surface area contributed by atoms with Crippen LogP contribution in [-0.4, -0.2) is 38.5 Å². The number of rotatable bonds is 11. The van der Waals surface area contributed by atoms with Gasteiger partial charge in [0.15, 0.2) is 0 Å². The van der Waals surface area contributed by atoms with E-state index in [9.17, 15) is 22.4 Å². The van der Waals surface area contributed by atoms with Gasteiger partial charge in [0.2, 0.25) is 15.9 Å². The van der Waals surface area contributed by atoms with E-state index in [-0.39, 0.29) is 30.2 Å². The maximum atomic E-state index is 12.8. The van der Waals surface area contributed by atoms with Crippen molar-refractivity contribution in [3.8, 4) is 0 Å². The molecule has 9 heteroatoms. The number of sulfonamides is 1. The monoisotopic (exact) mass is 360 g/mol. The van der Waals surface area contributed by atoms with Crippen molar-refractivity contribution >= 4 is 21.9 Å². The number of nitrogens with one attached hydrogen (secondary N) is 2. The quantitative estimate of drug-likeness (QED) is 0.514. The number of aliphatic carboxylic acids is 1. The fourth-order valence-corrected chi connectivity index (χ4v) is 2.92. The number of benzene rings is 1. The number of hydrogen-bond acceptors (Lipinski definition) is 4. The van der Waals surface area contributed by atoms with Crippen LogP contribution >= 0.6 is 0 Å². The number of carboxylic acid groups (broad SMARTS) is 1. The van der Waals surface area contributed by atoms with E-state index in [1.165, 1.54) is 0 Å². The number of halogens is 1. The molecule has 3 N–H and O–H groups in total. The normalized spacial score (nSPS) is 11.2. The van der Waals surface area contributed by atoms with Gasteiger partial charge in [0, 0.05) is 25.9 Å². The zero-order valence-electron chi connectivity index (χ0n) is 13.1. The molecular formula is C15H21FN2O5S. The standard InChI is InChI=1S/C15H21FN2O5S/c16-12-5-7-13(8-6-12)24(22,23)18-11-9-14(19)17-10-3-1-2-4-15(20)21/h5-8,18H,1-4,9-11H2,(H,17,19)(H,20,21). The second kappa shape index (κ2) is 9.99. The Morgan fingerprint density at radius 3 is 2.29 bits per heavy atom. The first-order valence-corrected chi connectivity index (χ1v) is 9.03. The van der Waals surface area contributed by atoms with Crippen molar-refractivity contribution < 1.29 is 27.5 Å². The molecule has 0 saturated carbocycles. The topological polar surface area (TPSA) is 113 Å². The maximum Gasteiger partial charge on any atom is 0.303 e. The minimum Gasteiger partial charge on any atom is -0.481 e. The minimum atomic E-state index is -3.77. The van der Waals surface area contributed by atoms with Gasteiger partial charge in [-0.05, 0) is 37.1 Å². The van der Waals surface area contributed by atoms with Crippen LogP contribution in [0.1, 0.15) is 32.1 Å². The molecule has 0 unspecified atom stereocenters. The average molecular weight is 360 g/mol. The summed E-state index contributed by atoms with van der Waals surface area (Å²) in [6.45, 7) is 0.355. The Labute approximate surface area is 140 Å². The molecular weight excluding hydrogens is 339 g/mol. The van der Waals surface area contributed by atoms with E-state index < -0.39 is 21.8 Å². The van der Waals surface area contributed by atoms with Crippen molar-refractivity contribution in [1.29, 1.82) is 0 Å². The Morgan fingerprint density at radius 1 is 1.00 bits per heavy atom. The van der Waals surface area contributed by atoms with E-state index in [4.69, 9.17) is 5.11 Å². The molecule has 0 aliphatic carbocycles. The molecule has 1 rings (SSSR count). The SMILES string of the molecule is O=C(O)CCCCCNC(=O)CCNS(=O)(=O)c1ccc(F)cc1. The van der Waals surface area contributed by atoms with Crippen molar-refractivity contribution in [2.24, 2.45) is 0 Å². The number of hydrogen-bond donors (Lipinski definition) is 3. The first-order valence-electron chi connectivity index (χ1n) is 7.55. The van der Waals surface area contributed by atoms with Gasteiger partial charge < -0.3 is 10.4 Å². The van der Waals surface area contributed by atoms with Gasteiger partial charge >= 0.3 is 5.97 Å². The summed E-state index contributed by atoms with van der Waals surface area (Å²) in [7, 11) is -3.77. The third-order valence-corrected chi connectivity index (χ3v) is 4.63. The number of carbonyl (C=O) groups excluding carboxylic acids is 1. The lowest BCUT2D eigenvalue weighted by molar-refractivity contribution is -0.137. The molecule has 1 aromatic rings. The summed E-state index contributed by atoms with van der Waals surface area (Å²) in [6, 6.07) is 4.39. The summed E-state index contributed by atoms with van der Waals surface area (Å²) >= 11 is 0. The van der Waals surface area contributed by atoms with Crippen molar-refractivity contribution in [2.75, 3.05) is 13.1 Å². The van der Waals surface area contributed by atoms with Gasteiger partial charge in [0.1, 0.15) is 5.82 Å². The Hall–Kier alpha value is -2.00. The van der Waals surface area contributed by atoms with Gasteiger partial charge in [0.25, 0.3) is 0 Å². The highest BCUT2D eigenvalue weighted by molar-refractivity contribution is 7.89. The Bertz CT molecular complexity index is 646. The summed E-state index contributed by atoms with van der Waals surface area (Å²) in [6.07, 6.45) is 2.02. The predicted octanol–water partition coefficient (Wildman–Crippen LogP) is 1.26. The molecule has 24 heavy (non-hydrogen) atoms. The molecule has 1 amide bonds. The van der Waals surface area contributed by atoms with Crippen molar-refractivity contribution in [3.05, 3.63) is 30.1 Å². The van der Waals surface area contributed by atoms with Gasteiger partial charge in [-0.2, -0.15) is 0 Å². The zero-order chi connectivity index (χ0) is 18.0. The second-order valence-corrected chi connectivity index (χ2v) is 6.92. The van der Waals surface area contributed by atoms with Crippen LogP contribution in [-0.2, 0) is 19.6 Å². The van der Waals surface area contributed by atoms with E-state index in [1.807, 2.05) is 0 Å². The molecule has 0 bridgehead atoms. The van der Waals surface area contributed by atoms with Crippen LogP contribution < -0.4 is 10.0 Å². The van der Waals surface area contributed by atoms with Crippen LogP contribution in [0.25, 0.3) is 0 Å². The van der Waals surface area contributed by atoms with Crippen molar-refractivity contribution in [2.45, 2.75) is 37.0 Å². The molecule has 0 aliphatic rings. The molecule has 0 radical (unpaired) electrons. The first-order chi connectivity index (χ1) is 11.3. The summed E-state index contributed by atoms with van der Waals surface area (Å²) in [5.74, 6) is -1.67. The first kappa shape index (κ1) is 20.0. The van der Waals surface area contributed by atoms with Gasteiger partial charge in [0.05, 0.1) is 4.90 Å². The van der Waals surface area contributed by atoms with E-state index in [2.05, 4.69) is 10.0 Å². The van der Waals surface area contributed by atoms with Crippen LogP contribution in [0, 0.1) is 5.82 Å². The molecule has 0 aromatic heterocycles. The van der Waals surface area contributed by atoms with Crippen molar-refractivity contribution in [3.63, 3.8) is 0 Å². The van der Waals surface area contributed by atoms with Crippen LogP contribution in [0.2, 0.25) is 0 Å². The van der Waals surface area contributed by atoms with Gasteiger partial charge in [-0.1, -0.05) is 6.42 Å². The lowest BCUT2D eigenvalue weighted by Crippen LogP contribution is -2.31. The maximum absolute atomic E-state index is 12.8. The van der Waals surface area contributed by atoms with Gasteiger partial charge in [-0.15, -0.1) is 0 Å². The Morgan fingerprint density at radius 2 is 1.67 bits per heavy atom. The number of carboxylic acids is 1. The molecule has 0 atom stereocenters. The lowest BCUT2D eigenvalue weighted by atomic mass is 10.2. The number of unbranched alkanes of at least 4 members (excludes halogenated alkanes) is 2. The number of amides is 1. The van der Waals surface area contributed by atoms with Crippen molar-refractivity contribution in [1.82, 2.24) is 10.0 Å². The van der Waals surface area contributed by atoms with Crippen LogP contribution in [0.5, 0.6) is 0 Å². The molecule has 0 heterocycles. The summed E-state index contributed by atoms with van der Waals surface area (Å²) in [5, 5.41) is 11.1. The third kappa shape index (κ3) is 8.02. The second-order valence-electron chi connectivity index (χ2n) is 5.16. The highest BCUT2D eigenvalue weighted by atomic mass is 32.2. The number of carbonyl (C=O) groups is 2. The Kier molecular flexibility index (Phi) is 8.34. The van der Waals surface area contributed by atoms with Crippen LogP contribution in [0.4, 0.5) is 4.39 Å². The van der Waals surface area contributed by atoms with Crippen LogP contribution in [0.15, 0.2) is 29.2 Å². The zero-order valence-corrected chi connectivity index (χ0v) is 13.9. The average Bonchev–Trinajstić information content (AvgIpc) is 2.50. The summed E-state index contributed by atoms with van der Waals surface area (Å²) in [4.78, 5) is 21.8. The van der Waals surface area contributed by atoms with Gasteiger partial charge in [-0.3, -0.25) is 9.59 Å². The summed E-state index contributed by atoms with van der Waals surface area (Å²) < 4.78 is 38.8. The van der Waals surface area contributed by atoms with E-state index >= 15 is 0 Å². The summed E-state index contributed by atoms with van der Waals surface area (Å²) in [5.41, 5.74) is 0. The molecule has 134 valence electrons. The Balaban J connectivity index is 2.20. The van der Waals surface area contributed by atoms with Gasteiger partial charge in [-0.25, -0.2) is 17.5 Å². The van der Waals surface area contributed by atoms with E-state index in [0.29, 0.717) is 25.8 Å². The van der Waals surface area contributed by atoms with E-state index in [0.717, 1.165) is 24.3 Å². The smallest absolute Gasteiger partial charge is 0.303 e.